The maximum atomic E-state index is 3.76. The Morgan fingerprint density at radius 2 is 1.00 bits per heavy atom. The lowest BCUT2D eigenvalue weighted by molar-refractivity contribution is 0.522. The Balaban J connectivity index is 2.05. The van der Waals surface area contributed by atoms with Gasteiger partial charge < -0.3 is 0 Å². The second-order valence-electron chi connectivity index (χ2n) is 20.4. The molecule has 2 heteroatoms. The lowest BCUT2D eigenvalue weighted by atomic mass is 9.75. The van der Waals surface area contributed by atoms with Crippen LogP contribution in [0.25, 0.3) is 21.5 Å². The van der Waals surface area contributed by atoms with Crippen molar-refractivity contribution in [2.75, 3.05) is 0 Å². The van der Waals surface area contributed by atoms with Gasteiger partial charge in [-0.15, -0.1) is 11.1 Å². The summed E-state index contributed by atoms with van der Waals surface area (Å²) in [5, 5.41) is 4.75. The molecule has 0 nitrogen and oxygen atoms in total. The summed E-state index contributed by atoms with van der Waals surface area (Å²) in [5.41, 5.74) is 15.0. The fourth-order valence-corrected chi connectivity index (χ4v) is 7.25. The van der Waals surface area contributed by atoms with Crippen LogP contribution in [0.1, 0.15) is 115 Å². The minimum Gasteiger partial charge on any atom is -0.127 e. The van der Waals surface area contributed by atoms with Crippen LogP contribution in [0.3, 0.4) is 0 Å². The summed E-state index contributed by atoms with van der Waals surface area (Å²) in [6.45, 7) is 38.6. The number of benzene rings is 4. The molecule has 0 saturated carbocycles. The summed E-state index contributed by atoms with van der Waals surface area (Å²) in [6.07, 6.45) is 0.835. The van der Waals surface area contributed by atoms with Gasteiger partial charge >= 0.3 is 0 Å². The van der Waals surface area contributed by atoms with Crippen molar-refractivity contribution in [3.63, 3.8) is 0 Å². The molecular formula is C50H62Si2. The van der Waals surface area contributed by atoms with E-state index in [9.17, 15) is 0 Å². The summed E-state index contributed by atoms with van der Waals surface area (Å²) in [4.78, 5) is 0. The Bertz CT molecular complexity index is 2260. The average molecular weight is 719 g/mol. The van der Waals surface area contributed by atoms with E-state index in [0.717, 1.165) is 28.7 Å². The van der Waals surface area contributed by atoms with E-state index in [4.69, 9.17) is 0 Å². The maximum absolute atomic E-state index is 3.76. The first-order valence-corrected chi connectivity index (χ1v) is 25.9. The van der Waals surface area contributed by atoms with Crippen LogP contribution in [-0.2, 0) is 17.3 Å². The number of hydrogen-bond acceptors (Lipinski definition) is 0. The van der Waals surface area contributed by atoms with E-state index in [-0.39, 0.29) is 21.7 Å². The van der Waals surface area contributed by atoms with E-state index in [1.807, 2.05) is 0 Å². The first kappa shape index (κ1) is 40.8. The second-order valence-corrected chi connectivity index (χ2v) is 29.9. The zero-order chi connectivity index (χ0) is 39.1. The topological polar surface area (TPSA) is 0 Å². The minimum absolute atomic E-state index is 0.0596. The van der Waals surface area contributed by atoms with Crippen molar-refractivity contribution in [3.8, 4) is 46.6 Å². The van der Waals surface area contributed by atoms with Crippen molar-refractivity contribution >= 4 is 37.7 Å². The molecule has 0 fully saturated rings. The molecule has 0 saturated heterocycles. The molecule has 0 aliphatic heterocycles. The highest BCUT2D eigenvalue weighted by atomic mass is 28.3. The lowest BCUT2D eigenvalue weighted by Gasteiger charge is -2.29. The third kappa shape index (κ3) is 10.8. The fourth-order valence-electron chi connectivity index (χ4n) is 6.24. The van der Waals surface area contributed by atoms with Crippen LogP contribution in [0.4, 0.5) is 0 Å². The van der Waals surface area contributed by atoms with Gasteiger partial charge in [0.2, 0.25) is 0 Å². The van der Waals surface area contributed by atoms with Crippen molar-refractivity contribution in [1.29, 1.82) is 0 Å². The zero-order valence-corrected chi connectivity index (χ0v) is 37.4. The molecule has 0 spiro atoms. The van der Waals surface area contributed by atoms with Crippen molar-refractivity contribution < 1.29 is 0 Å². The van der Waals surface area contributed by atoms with Gasteiger partial charge in [-0.05, 0) is 115 Å². The molecule has 52 heavy (non-hydrogen) atoms. The zero-order valence-electron chi connectivity index (χ0n) is 35.4. The normalized spacial score (nSPS) is 12.6. The van der Waals surface area contributed by atoms with Crippen LogP contribution < -0.4 is 0 Å². The number of fused-ring (bicyclic) bond motifs is 2. The van der Waals surface area contributed by atoms with Gasteiger partial charge in [0.1, 0.15) is 16.1 Å². The van der Waals surface area contributed by atoms with E-state index < -0.39 is 16.1 Å². The van der Waals surface area contributed by atoms with E-state index >= 15 is 0 Å². The van der Waals surface area contributed by atoms with Crippen molar-refractivity contribution in [1.82, 2.24) is 0 Å². The quantitative estimate of drug-likeness (QED) is 0.146. The molecule has 0 bridgehead atoms. The van der Waals surface area contributed by atoms with Gasteiger partial charge in [0, 0.05) is 33.1 Å². The van der Waals surface area contributed by atoms with E-state index in [1.54, 1.807) is 0 Å². The van der Waals surface area contributed by atoms with Gasteiger partial charge in [0.25, 0.3) is 0 Å². The van der Waals surface area contributed by atoms with Crippen LogP contribution in [-0.4, -0.2) is 16.1 Å². The Kier molecular flexibility index (Phi) is 11.4. The molecule has 4 aromatic rings. The van der Waals surface area contributed by atoms with E-state index in [2.05, 4.69) is 217 Å². The predicted octanol–water partition coefficient (Wildman–Crippen LogP) is 13.1. The SMILES string of the molecule is CC(C)(C)C#Cc1cc(CC(C)(C)c2ccc3c(C#C[Si](C)(C)C)cccc3c2C#C[Si](C)(C)C)cc2c(C#CC(C)(C)C)c(C(C)(C)C)ccc12. The highest BCUT2D eigenvalue weighted by Gasteiger charge is 2.27. The number of rotatable bonds is 3. The van der Waals surface area contributed by atoms with Crippen LogP contribution in [0.5, 0.6) is 0 Å². The largest absolute Gasteiger partial charge is 0.129 e. The predicted molar refractivity (Wildman–Crippen MR) is 236 cm³/mol. The Morgan fingerprint density at radius 3 is 1.56 bits per heavy atom. The van der Waals surface area contributed by atoms with Crippen LogP contribution in [0, 0.1) is 57.4 Å². The third-order valence-corrected chi connectivity index (χ3v) is 10.5. The molecule has 0 atom stereocenters. The number of hydrogen-bond donors (Lipinski definition) is 0. The summed E-state index contributed by atoms with van der Waals surface area (Å²) in [7, 11) is -3.20. The molecule has 0 unspecified atom stereocenters. The van der Waals surface area contributed by atoms with Gasteiger partial charge in [0.05, 0.1) is 0 Å². The molecular weight excluding hydrogens is 657 g/mol. The molecule has 0 amide bonds. The van der Waals surface area contributed by atoms with Crippen LogP contribution >= 0.6 is 0 Å². The molecule has 0 aromatic heterocycles. The van der Waals surface area contributed by atoms with Gasteiger partial charge in [-0.2, -0.15) is 0 Å². The Labute approximate surface area is 320 Å². The maximum Gasteiger partial charge on any atom is 0.129 e. The van der Waals surface area contributed by atoms with Crippen molar-refractivity contribution in [2.24, 2.45) is 10.8 Å². The average Bonchev–Trinajstić information content (AvgIpc) is 2.97. The summed E-state index contributed by atoms with van der Waals surface area (Å²) in [6, 6.07) is 20.5. The van der Waals surface area contributed by atoms with Crippen LogP contribution in [0.15, 0.2) is 54.6 Å². The molecule has 0 N–H and O–H groups in total. The third-order valence-electron chi connectivity index (χ3n) is 8.71. The summed E-state index contributed by atoms with van der Waals surface area (Å²) in [5.74, 6) is 21.8. The summed E-state index contributed by atoms with van der Waals surface area (Å²) >= 11 is 0. The first-order chi connectivity index (χ1) is 23.6. The molecule has 0 aliphatic carbocycles. The molecule has 4 rings (SSSR count). The molecule has 0 radical (unpaired) electrons. The monoisotopic (exact) mass is 718 g/mol. The van der Waals surface area contributed by atoms with Gasteiger partial charge in [-0.25, -0.2) is 0 Å². The van der Waals surface area contributed by atoms with E-state index in [0.29, 0.717) is 0 Å². The smallest absolute Gasteiger partial charge is 0.127 e. The molecule has 4 aromatic carbocycles. The highest BCUT2D eigenvalue weighted by Crippen LogP contribution is 2.38. The first-order valence-electron chi connectivity index (χ1n) is 18.9. The Hall–Kier alpha value is -3.93. The van der Waals surface area contributed by atoms with Crippen molar-refractivity contribution in [2.45, 2.75) is 133 Å². The van der Waals surface area contributed by atoms with Gasteiger partial charge in [-0.3, -0.25) is 0 Å². The lowest BCUT2D eigenvalue weighted by Crippen LogP contribution is -2.23. The Morgan fingerprint density at radius 1 is 0.481 bits per heavy atom. The minimum atomic E-state index is -1.66. The van der Waals surface area contributed by atoms with E-state index in [1.165, 1.54) is 38.2 Å². The second kappa shape index (κ2) is 14.5. The molecule has 0 aliphatic rings. The van der Waals surface area contributed by atoms with Gasteiger partial charge in [-0.1, -0.05) is 146 Å². The highest BCUT2D eigenvalue weighted by molar-refractivity contribution is 6.84. The van der Waals surface area contributed by atoms with Gasteiger partial charge in [0.15, 0.2) is 0 Å². The fraction of sp³-hybridized carbons (Fsp3) is 0.440. The van der Waals surface area contributed by atoms with Crippen LogP contribution in [0.2, 0.25) is 39.3 Å². The van der Waals surface area contributed by atoms with Crippen molar-refractivity contribution in [3.05, 3.63) is 93.5 Å². The summed E-state index contributed by atoms with van der Waals surface area (Å²) < 4.78 is 0. The molecule has 270 valence electrons. The molecule has 0 heterocycles. The standard InChI is InChI=1S/C50H62Si2/c1-47(2,3)29-25-38-33-36(34-44-40(38)21-23-45(49(7,8)9)42(44)26-30-48(4,5)6)35-50(10,11)46-24-22-39-37(27-31-51(12,13)14)19-18-20-41(39)43(46)28-32-52(15,16)17/h18-24,33-34H,35H2,1-17H3.